The number of hydrogen-bond acceptors (Lipinski definition) is 5. The third-order valence-corrected chi connectivity index (χ3v) is 5.68. The van der Waals surface area contributed by atoms with E-state index >= 15 is 0 Å². The van der Waals surface area contributed by atoms with Gasteiger partial charge in [0.1, 0.15) is 10.5 Å². The Kier molecular flexibility index (Phi) is 2.88. The maximum absolute atomic E-state index is 12.6. The second kappa shape index (κ2) is 4.79. The molecule has 0 radical (unpaired) electrons. The van der Waals surface area contributed by atoms with Crippen molar-refractivity contribution in [3.05, 3.63) is 48.8 Å². The van der Waals surface area contributed by atoms with E-state index in [0.29, 0.717) is 16.2 Å². The molecule has 0 saturated heterocycles. The molecule has 0 aliphatic heterocycles. The van der Waals surface area contributed by atoms with Crippen molar-refractivity contribution in [1.29, 1.82) is 0 Å². The van der Waals surface area contributed by atoms with Gasteiger partial charge in [-0.3, -0.25) is 4.72 Å². The topological polar surface area (TPSA) is 87.7 Å². The highest BCUT2D eigenvalue weighted by Crippen LogP contribution is 2.29. The van der Waals surface area contributed by atoms with Gasteiger partial charge in [0.05, 0.1) is 10.2 Å². The summed E-state index contributed by atoms with van der Waals surface area (Å²) in [6.07, 6.45) is 3.05. The summed E-state index contributed by atoms with van der Waals surface area (Å²) in [5.74, 6) is 0. The molecular weight excluding hydrogens is 320 g/mol. The lowest BCUT2D eigenvalue weighted by Crippen LogP contribution is -2.12. The summed E-state index contributed by atoms with van der Waals surface area (Å²) in [7, 11) is -3.72. The maximum atomic E-state index is 12.6. The van der Waals surface area contributed by atoms with E-state index in [1.54, 1.807) is 18.3 Å². The number of anilines is 1. The Hall–Kier alpha value is -2.45. The highest BCUT2D eigenvalue weighted by Gasteiger charge is 2.20. The Labute approximate surface area is 129 Å². The van der Waals surface area contributed by atoms with Gasteiger partial charge in [-0.25, -0.2) is 18.4 Å². The molecule has 110 valence electrons. The number of nitrogens with zero attached hydrogens (tertiary/aromatic N) is 2. The molecule has 0 atom stereocenters. The fraction of sp³-hybridized carbons (Fsp3) is 0. The quantitative estimate of drug-likeness (QED) is 0.604. The van der Waals surface area contributed by atoms with Crippen LogP contribution < -0.4 is 4.72 Å². The lowest BCUT2D eigenvalue weighted by Gasteiger charge is -2.03. The fourth-order valence-corrected chi connectivity index (χ4v) is 4.51. The zero-order chi connectivity index (χ0) is 15.2. The lowest BCUT2D eigenvalue weighted by molar-refractivity contribution is 0.602. The molecule has 0 aliphatic carbocycles. The molecular formula is C14H10N4O2S2. The predicted molar refractivity (Wildman–Crippen MR) is 86.5 cm³/mol. The molecule has 0 spiro atoms. The first-order valence-corrected chi connectivity index (χ1v) is 8.74. The van der Waals surface area contributed by atoms with E-state index in [1.165, 1.54) is 17.5 Å². The maximum Gasteiger partial charge on any atom is 0.265 e. The number of nitrogens with one attached hydrogen (secondary N) is 2. The summed E-state index contributed by atoms with van der Waals surface area (Å²) in [4.78, 5) is 11.4. The molecule has 3 aromatic heterocycles. The third-order valence-electron chi connectivity index (χ3n) is 3.22. The van der Waals surface area contributed by atoms with E-state index < -0.39 is 10.0 Å². The fourth-order valence-electron chi connectivity index (χ4n) is 2.24. The molecule has 3 heterocycles. The average Bonchev–Trinajstić information content (AvgIpc) is 3.09. The van der Waals surface area contributed by atoms with E-state index in [-0.39, 0.29) is 4.90 Å². The van der Waals surface area contributed by atoms with Crippen molar-refractivity contribution in [2.75, 3.05) is 4.72 Å². The minimum Gasteiger partial charge on any atom is -0.345 e. The summed E-state index contributed by atoms with van der Waals surface area (Å²) in [6, 6.07) is 10.9. The van der Waals surface area contributed by atoms with Crippen LogP contribution in [0.25, 0.3) is 21.3 Å². The number of para-hydroxylation sites is 1. The number of thiazole rings is 1. The number of fused-ring (bicyclic) bond motifs is 2. The van der Waals surface area contributed by atoms with Gasteiger partial charge in [-0.05, 0) is 24.3 Å². The van der Waals surface area contributed by atoms with Crippen molar-refractivity contribution in [3.63, 3.8) is 0 Å². The van der Waals surface area contributed by atoms with Crippen LogP contribution in [0.5, 0.6) is 0 Å². The zero-order valence-corrected chi connectivity index (χ0v) is 12.8. The number of H-pyrrole nitrogens is 1. The van der Waals surface area contributed by atoms with Gasteiger partial charge >= 0.3 is 0 Å². The second-order valence-electron chi connectivity index (χ2n) is 4.64. The largest absolute Gasteiger partial charge is 0.345 e. The number of aromatic amines is 1. The molecule has 0 saturated carbocycles. The Morgan fingerprint density at radius 1 is 1.14 bits per heavy atom. The Balaban J connectivity index is 1.77. The highest BCUT2D eigenvalue weighted by molar-refractivity contribution is 7.93. The van der Waals surface area contributed by atoms with Crippen molar-refractivity contribution in [1.82, 2.24) is 15.0 Å². The Morgan fingerprint density at radius 2 is 2.00 bits per heavy atom. The number of sulfonamides is 1. The summed E-state index contributed by atoms with van der Waals surface area (Å²) in [5, 5.41) is 0.899. The first-order chi connectivity index (χ1) is 10.6. The van der Waals surface area contributed by atoms with Gasteiger partial charge in [0.15, 0.2) is 5.13 Å². The molecule has 0 bridgehead atoms. The zero-order valence-electron chi connectivity index (χ0n) is 11.1. The number of benzene rings is 1. The summed E-state index contributed by atoms with van der Waals surface area (Å²) < 4.78 is 28.6. The minimum atomic E-state index is -3.72. The van der Waals surface area contributed by atoms with E-state index in [0.717, 1.165) is 10.2 Å². The van der Waals surface area contributed by atoms with Gasteiger partial charge in [-0.15, -0.1) is 0 Å². The van der Waals surface area contributed by atoms with Crippen LogP contribution in [-0.4, -0.2) is 23.4 Å². The van der Waals surface area contributed by atoms with Crippen molar-refractivity contribution in [3.8, 4) is 0 Å². The number of hydrogen-bond donors (Lipinski definition) is 2. The van der Waals surface area contributed by atoms with Crippen LogP contribution in [0.15, 0.2) is 53.7 Å². The predicted octanol–water partition coefficient (Wildman–Crippen LogP) is 2.97. The van der Waals surface area contributed by atoms with Crippen LogP contribution in [0, 0.1) is 0 Å². The molecule has 0 fully saturated rings. The minimum absolute atomic E-state index is 0.162. The van der Waals surface area contributed by atoms with Gasteiger partial charge in [0, 0.05) is 17.8 Å². The smallest absolute Gasteiger partial charge is 0.265 e. The Bertz CT molecular complexity index is 1050. The Morgan fingerprint density at radius 3 is 2.86 bits per heavy atom. The molecule has 0 amide bonds. The van der Waals surface area contributed by atoms with E-state index in [2.05, 4.69) is 19.7 Å². The molecule has 1 aromatic carbocycles. The average molecular weight is 330 g/mol. The SMILES string of the molecule is O=S(=O)(Nc1nc2ccccc2s1)c1c[nH]c2ncccc12. The summed E-state index contributed by atoms with van der Waals surface area (Å²) in [5.41, 5.74) is 1.30. The molecule has 8 heteroatoms. The number of pyridine rings is 1. The van der Waals surface area contributed by atoms with Crippen molar-refractivity contribution in [2.24, 2.45) is 0 Å². The molecule has 6 nitrogen and oxygen atoms in total. The first kappa shape index (κ1) is 13.2. The van der Waals surface area contributed by atoms with Gasteiger partial charge in [-0.1, -0.05) is 23.5 Å². The van der Waals surface area contributed by atoms with Crippen LogP contribution in [0.3, 0.4) is 0 Å². The van der Waals surface area contributed by atoms with Crippen LogP contribution in [0.4, 0.5) is 5.13 Å². The normalized spacial score (nSPS) is 12.0. The third kappa shape index (κ3) is 2.13. The first-order valence-electron chi connectivity index (χ1n) is 6.44. The van der Waals surface area contributed by atoms with Crippen LogP contribution in [-0.2, 0) is 10.0 Å². The van der Waals surface area contributed by atoms with Gasteiger partial charge in [0.2, 0.25) is 0 Å². The molecule has 22 heavy (non-hydrogen) atoms. The van der Waals surface area contributed by atoms with Crippen LogP contribution in [0.1, 0.15) is 0 Å². The molecule has 0 unspecified atom stereocenters. The standard InChI is InChI=1S/C14H10N4O2S2/c19-22(20,12-8-16-13-9(12)4-3-7-15-13)18-14-17-10-5-1-2-6-11(10)21-14/h1-8H,(H,15,16)(H,17,18). The van der Waals surface area contributed by atoms with Crippen LogP contribution >= 0.6 is 11.3 Å². The lowest BCUT2D eigenvalue weighted by atomic mass is 10.3. The van der Waals surface area contributed by atoms with E-state index in [4.69, 9.17) is 0 Å². The van der Waals surface area contributed by atoms with Crippen LogP contribution in [0.2, 0.25) is 0 Å². The molecule has 2 N–H and O–H groups in total. The number of aromatic nitrogens is 3. The molecule has 4 aromatic rings. The van der Waals surface area contributed by atoms with Crippen molar-refractivity contribution < 1.29 is 8.42 Å². The number of rotatable bonds is 3. The second-order valence-corrected chi connectivity index (χ2v) is 7.33. The molecule has 0 aliphatic rings. The highest BCUT2D eigenvalue weighted by atomic mass is 32.2. The van der Waals surface area contributed by atoms with Gasteiger partial charge in [0.25, 0.3) is 10.0 Å². The van der Waals surface area contributed by atoms with Crippen molar-refractivity contribution >= 4 is 47.7 Å². The van der Waals surface area contributed by atoms with E-state index in [1.807, 2.05) is 24.3 Å². The summed E-state index contributed by atoms with van der Waals surface area (Å²) in [6.45, 7) is 0. The molecule has 4 rings (SSSR count). The van der Waals surface area contributed by atoms with Crippen molar-refractivity contribution in [2.45, 2.75) is 4.90 Å². The van der Waals surface area contributed by atoms with Gasteiger partial charge in [-0.2, -0.15) is 0 Å². The monoisotopic (exact) mass is 330 g/mol. The van der Waals surface area contributed by atoms with E-state index in [9.17, 15) is 8.42 Å². The summed E-state index contributed by atoms with van der Waals surface area (Å²) >= 11 is 1.30. The van der Waals surface area contributed by atoms with Gasteiger partial charge < -0.3 is 4.98 Å².